The molecule has 3 heterocycles. The van der Waals surface area contributed by atoms with Gasteiger partial charge in [0.1, 0.15) is 10.8 Å². The van der Waals surface area contributed by atoms with Gasteiger partial charge in [-0.25, -0.2) is 4.98 Å². The average molecular weight is 602 g/mol. The Kier molecular flexibility index (Phi) is 8.99. The van der Waals surface area contributed by atoms with Crippen molar-refractivity contribution in [2.24, 2.45) is 5.92 Å². The highest BCUT2D eigenvalue weighted by Crippen LogP contribution is 2.32. The van der Waals surface area contributed by atoms with Crippen LogP contribution >= 0.6 is 22.9 Å². The molecule has 1 aliphatic rings. The number of rotatable bonds is 7. The quantitative estimate of drug-likeness (QED) is 0.214. The van der Waals surface area contributed by atoms with E-state index in [0.717, 1.165) is 35.2 Å². The fourth-order valence-corrected chi connectivity index (χ4v) is 6.44. The average Bonchev–Trinajstić information content (AvgIpc) is 3.47. The van der Waals surface area contributed by atoms with Gasteiger partial charge in [0.25, 0.3) is 11.5 Å². The first-order valence-electron chi connectivity index (χ1n) is 14.3. The summed E-state index contributed by atoms with van der Waals surface area (Å²) in [5.41, 5.74) is 5.55. The van der Waals surface area contributed by atoms with Gasteiger partial charge in [0.15, 0.2) is 0 Å². The zero-order valence-electron chi connectivity index (χ0n) is 24.7. The van der Waals surface area contributed by atoms with E-state index in [1.807, 2.05) is 72.7 Å². The van der Waals surface area contributed by atoms with Crippen LogP contribution in [0, 0.1) is 5.92 Å². The van der Waals surface area contributed by atoms with Gasteiger partial charge in [-0.05, 0) is 74.9 Å². The summed E-state index contributed by atoms with van der Waals surface area (Å²) in [4.78, 5) is 35.6. The van der Waals surface area contributed by atoms with Crippen molar-refractivity contribution in [3.05, 3.63) is 91.7 Å². The zero-order chi connectivity index (χ0) is 30.0. The highest BCUT2D eigenvalue weighted by molar-refractivity contribution is 7.13. The van der Waals surface area contributed by atoms with Crippen LogP contribution < -0.4 is 10.3 Å². The molecular weight excluding hydrogens is 566 g/mol. The molecule has 1 amide bonds. The predicted octanol–water partition coefficient (Wildman–Crippen LogP) is 8.15. The molecule has 1 aliphatic heterocycles. The van der Waals surface area contributed by atoms with E-state index in [2.05, 4.69) is 13.8 Å². The maximum absolute atomic E-state index is 14.6. The highest BCUT2D eigenvalue weighted by Gasteiger charge is 2.28. The predicted molar refractivity (Wildman–Crippen MR) is 173 cm³/mol. The summed E-state index contributed by atoms with van der Waals surface area (Å²) < 4.78 is 7.26. The van der Waals surface area contributed by atoms with Crippen molar-refractivity contribution in [3.63, 3.8) is 0 Å². The maximum atomic E-state index is 14.6. The Morgan fingerprint density at radius 3 is 2.60 bits per heavy atom. The van der Waals surface area contributed by atoms with Crippen LogP contribution in [0.3, 0.4) is 0 Å². The third kappa shape index (κ3) is 6.08. The van der Waals surface area contributed by atoms with Crippen LogP contribution in [0.25, 0.3) is 33.6 Å². The summed E-state index contributed by atoms with van der Waals surface area (Å²) in [5.74, 6) is 0.991. The molecular formula is C34H36ClN3O3S. The van der Waals surface area contributed by atoms with Crippen LogP contribution in [0.4, 0.5) is 0 Å². The molecule has 2 aromatic heterocycles. The van der Waals surface area contributed by atoms with Crippen molar-refractivity contribution in [2.45, 2.75) is 47.0 Å². The molecule has 0 bridgehead atoms. The number of thiazole rings is 1. The fraction of sp³-hybridized carbons (Fsp3) is 0.324. The SMILES string of the molecule is CCc1ccc(OC)cc1-n1c(C=C(C)C)c(C(=O)N2CCC[C@H](C)C2)cc(-c2nc(-c3ccc(Cl)cc3)cs2)c1=O. The second kappa shape index (κ2) is 12.7. The molecule has 1 saturated heterocycles. The number of likely N-dealkylation sites (tertiary alicyclic amines) is 1. The van der Waals surface area contributed by atoms with Gasteiger partial charge in [-0.1, -0.05) is 49.2 Å². The number of allylic oxidation sites excluding steroid dienone is 1. The Morgan fingerprint density at radius 2 is 1.93 bits per heavy atom. The first-order valence-corrected chi connectivity index (χ1v) is 15.6. The summed E-state index contributed by atoms with van der Waals surface area (Å²) in [6, 6.07) is 15.0. The number of hydrogen-bond acceptors (Lipinski definition) is 5. The van der Waals surface area contributed by atoms with Crippen molar-refractivity contribution >= 4 is 34.9 Å². The van der Waals surface area contributed by atoms with E-state index in [1.165, 1.54) is 11.3 Å². The molecule has 0 unspecified atom stereocenters. The third-order valence-corrected chi connectivity index (χ3v) is 8.76. The summed E-state index contributed by atoms with van der Waals surface area (Å²) in [7, 11) is 1.61. The molecule has 0 aliphatic carbocycles. The Bertz CT molecular complexity index is 1700. The van der Waals surface area contributed by atoms with Crippen molar-refractivity contribution in [1.82, 2.24) is 14.5 Å². The van der Waals surface area contributed by atoms with Crippen LogP contribution in [0.2, 0.25) is 5.02 Å². The number of halogens is 1. The normalized spacial score (nSPS) is 15.0. The summed E-state index contributed by atoms with van der Waals surface area (Å²) in [6.45, 7) is 9.58. The summed E-state index contributed by atoms with van der Waals surface area (Å²) in [5, 5.41) is 3.14. The van der Waals surface area contributed by atoms with E-state index in [1.54, 1.807) is 17.7 Å². The van der Waals surface area contributed by atoms with Crippen molar-refractivity contribution in [3.8, 4) is 33.3 Å². The van der Waals surface area contributed by atoms with E-state index in [4.69, 9.17) is 21.3 Å². The molecule has 0 N–H and O–H groups in total. The van der Waals surface area contributed by atoms with Gasteiger partial charge in [-0.2, -0.15) is 0 Å². The number of amides is 1. The summed E-state index contributed by atoms with van der Waals surface area (Å²) >= 11 is 7.49. The first kappa shape index (κ1) is 29.8. The number of methoxy groups -OCH3 is 1. The minimum atomic E-state index is -0.231. The number of carbonyl (C=O) groups is 1. The number of carbonyl (C=O) groups excluding carboxylic acids is 1. The summed E-state index contributed by atoms with van der Waals surface area (Å²) in [6.07, 6.45) is 4.70. The van der Waals surface area contributed by atoms with Crippen LogP contribution in [0.1, 0.15) is 62.2 Å². The lowest BCUT2D eigenvalue weighted by molar-refractivity contribution is 0.0682. The van der Waals surface area contributed by atoms with Crippen LogP contribution in [0.15, 0.2) is 64.3 Å². The number of piperidine rings is 1. The van der Waals surface area contributed by atoms with E-state index in [-0.39, 0.29) is 11.5 Å². The number of hydrogen-bond donors (Lipinski definition) is 0. The number of ether oxygens (including phenoxy) is 1. The highest BCUT2D eigenvalue weighted by atomic mass is 35.5. The second-order valence-corrected chi connectivity index (χ2v) is 12.4. The second-order valence-electron chi connectivity index (χ2n) is 11.1. The van der Waals surface area contributed by atoms with Crippen LogP contribution in [0.5, 0.6) is 5.75 Å². The molecule has 218 valence electrons. The van der Waals surface area contributed by atoms with E-state index < -0.39 is 0 Å². The number of pyridine rings is 1. The lowest BCUT2D eigenvalue weighted by Gasteiger charge is -2.32. The van der Waals surface area contributed by atoms with Crippen LogP contribution in [-0.2, 0) is 6.42 Å². The minimum Gasteiger partial charge on any atom is -0.497 e. The standard InChI is InChI=1S/C34H36ClN3O3S/c1-6-23-11-14-26(41-5)17-30(23)38-31(16-21(2)3)27(33(39)37-15-7-8-22(4)19-37)18-28(34(38)40)32-36-29(20-42-32)24-9-12-25(35)13-10-24/h9-14,16-18,20,22H,6-8,15,19H2,1-5H3/t22-/m0/s1. The number of aryl methyl sites for hydroxylation is 1. The monoisotopic (exact) mass is 601 g/mol. The largest absolute Gasteiger partial charge is 0.497 e. The number of benzene rings is 2. The van der Waals surface area contributed by atoms with Gasteiger partial charge >= 0.3 is 0 Å². The molecule has 1 atom stereocenters. The molecule has 42 heavy (non-hydrogen) atoms. The molecule has 0 radical (unpaired) electrons. The number of nitrogens with zero attached hydrogens (tertiary/aromatic N) is 3. The molecule has 8 heteroatoms. The van der Waals surface area contributed by atoms with E-state index in [0.29, 0.717) is 63.7 Å². The molecule has 4 aromatic rings. The Labute approximate surface area is 256 Å². The van der Waals surface area contributed by atoms with E-state index in [9.17, 15) is 9.59 Å². The molecule has 0 saturated carbocycles. The van der Waals surface area contributed by atoms with Gasteiger partial charge < -0.3 is 9.64 Å². The van der Waals surface area contributed by atoms with Crippen molar-refractivity contribution in [1.29, 1.82) is 0 Å². The molecule has 2 aromatic carbocycles. The zero-order valence-corrected chi connectivity index (χ0v) is 26.3. The van der Waals surface area contributed by atoms with Crippen molar-refractivity contribution < 1.29 is 9.53 Å². The van der Waals surface area contributed by atoms with Gasteiger partial charge in [-0.15, -0.1) is 11.3 Å². The fourth-order valence-electron chi connectivity index (χ4n) is 5.48. The van der Waals surface area contributed by atoms with Gasteiger partial charge in [0.2, 0.25) is 0 Å². The maximum Gasteiger partial charge on any atom is 0.265 e. The lowest BCUT2D eigenvalue weighted by Crippen LogP contribution is -2.40. The number of aromatic nitrogens is 2. The molecule has 6 nitrogen and oxygen atoms in total. The smallest absolute Gasteiger partial charge is 0.265 e. The van der Waals surface area contributed by atoms with Crippen molar-refractivity contribution in [2.75, 3.05) is 20.2 Å². The third-order valence-electron chi connectivity index (χ3n) is 7.63. The Morgan fingerprint density at radius 1 is 1.17 bits per heavy atom. The Balaban J connectivity index is 1.80. The Hall–Kier alpha value is -3.68. The van der Waals surface area contributed by atoms with E-state index >= 15 is 0 Å². The first-order chi connectivity index (χ1) is 20.2. The lowest BCUT2D eigenvalue weighted by atomic mass is 9.98. The van der Waals surface area contributed by atoms with Gasteiger partial charge in [-0.3, -0.25) is 14.2 Å². The molecule has 0 spiro atoms. The van der Waals surface area contributed by atoms with Crippen LogP contribution in [-0.4, -0.2) is 40.6 Å². The minimum absolute atomic E-state index is 0.0699. The molecule has 1 fully saturated rings. The molecule has 5 rings (SSSR count). The van der Waals surface area contributed by atoms with Gasteiger partial charge in [0.05, 0.1) is 35.3 Å². The topological polar surface area (TPSA) is 64.4 Å². The van der Waals surface area contributed by atoms with Gasteiger partial charge in [0, 0.05) is 35.1 Å².